The number of aromatic amines is 1. The first-order chi connectivity index (χ1) is 15.2. The molecular formula is C23H24ClN5O3. The first kappa shape index (κ1) is 21.9. The number of hydrogen-bond donors (Lipinski definition) is 1. The fourth-order valence-corrected chi connectivity index (χ4v) is 4.30. The highest BCUT2D eigenvalue weighted by molar-refractivity contribution is 5.85. The van der Waals surface area contributed by atoms with Crippen molar-refractivity contribution in [1.82, 2.24) is 24.2 Å². The van der Waals surface area contributed by atoms with Gasteiger partial charge in [-0.3, -0.25) is 24.6 Å². The van der Waals surface area contributed by atoms with Gasteiger partial charge in [-0.15, -0.1) is 12.4 Å². The molecule has 5 rings (SSSR count). The lowest BCUT2D eigenvalue weighted by Crippen LogP contribution is -2.27. The van der Waals surface area contributed by atoms with Gasteiger partial charge in [-0.05, 0) is 30.7 Å². The topological polar surface area (TPSA) is 85.1 Å². The first-order valence-electron chi connectivity index (χ1n) is 10.3. The van der Waals surface area contributed by atoms with Crippen molar-refractivity contribution in [2.75, 3.05) is 13.7 Å². The maximum Gasteiger partial charge on any atom is 0.281 e. The lowest BCUT2D eigenvalue weighted by atomic mass is 10.2. The minimum Gasteiger partial charge on any atom is -0.494 e. The number of rotatable bonds is 4. The predicted molar refractivity (Wildman–Crippen MR) is 125 cm³/mol. The second-order valence-electron chi connectivity index (χ2n) is 7.68. The maximum atomic E-state index is 13.5. The second kappa shape index (κ2) is 9.02. The Morgan fingerprint density at radius 1 is 1.09 bits per heavy atom. The summed E-state index contributed by atoms with van der Waals surface area (Å²) in [5, 5.41) is 3.65. The Labute approximate surface area is 190 Å². The Bertz CT molecular complexity index is 1360. The Morgan fingerprint density at radius 3 is 2.69 bits per heavy atom. The van der Waals surface area contributed by atoms with Crippen LogP contribution >= 0.6 is 12.4 Å². The smallest absolute Gasteiger partial charge is 0.281 e. The zero-order chi connectivity index (χ0) is 21.4. The molecule has 0 amide bonds. The van der Waals surface area contributed by atoms with Crippen molar-refractivity contribution in [3.8, 4) is 11.4 Å². The van der Waals surface area contributed by atoms with E-state index in [9.17, 15) is 9.59 Å². The molecule has 4 aromatic rings. The van der Waals surface area contributed by atoms with Crippen molar-refractivity contribution in [2.24, 2.45) is 0 Å². The molecule has 0 saturated heterocycles. The first-order valence-corrected chi connectivity index (χ1v) is 10.3. The predicted octanol–water partition coefficient (Wildman–Crippen LogP) is 2.71. The van der Waals surface area contributed by atoms with E-state index < -0.39 is 0 Å². The maximum absolute atomic E-state index is 13.5. The molecule has 1 N–H and O–H groups in total. The minimum absolute atomic E-state index is 0. The van der Waals surface area contributed by atoms with E-state index in [-0.39, 0.29) is 23.5 Å². The van der Waals surface area contributed by atoms with Crippen LogP contribution in [0, 0.1) is 0 Å². The molecule has 0 atom stereocenters. The van der Waals surface area contributed by atoms with Crippen LogP contribution in [-0.2, 0) is 19.6 Å². The highest BCUT2D eigenvalue weighted by Crippen LogP contribution is 2.23. The summed E-state index contributed by atoms with van der Waals surface area (Å²) in [6.07, 6.45) is 2.61. The number of H-pyrrole nitrogens is 1. The van der Waals surface area contributed by atoms with Crippen molar-refractivity contribution in [3.63, 3.8) is 0 Å². The third-order valence-corrected chi connectivity index (χ3v) is 5.73. The van der Waals surface area contributed by atoms with E-state index in [2.05, 4.69) is 15.0 Å². The molecule has 0 radical (unpaired) electrons. The van der Waals surface area contributed by atoms with Crippen LogP contribution < -0.4 is 15.9 Å². The molecule has 4 heterocycles. The summed E-state index contributed by atoms with van der Waals surface area (Å²) in [6.45, 7) is 2.57. The highest BCUT2D eigenvalue weighted by atomic mass is 35.5. The van der Waals surface area contributed by atoms with Crippen molar-refractivity contribution in [2.45, 2.75) is 26.1 Å². The number of nitrogens with one attached hydrogen (secondary N) is 1. The third kappa shape index (κ3) is 3.83. The number of para-hydroxylation sites is 2. The SMILES string of the molecule is COc1ccccc1-n1[nH]c2cc(=O)n3c(c2c1=O)CN(Cc1ccccn1)CCC3.Cl. The molecule has 32 heavy (non-hydrogen) atoms. The van der Waals surface area contributed by atoms with Crippen molar-refractivity contribution >= 4 is 23.3 Å². The standard InChI is InChI=1S/C23H23N5O3.ClH/c1-31-20-9-3-2-8-18(20)28-23(30)22-17(25-28)13-21(29)27-12-6-11-26(15-19(22)27)14-16-7-4-5-10-24-16;/h2-5,7-10,13,25H,6,11-12,14-15H2,1H3;1H. The van der Waals surface area contributed by atoms with Gasteiger partial charge in [0.15, 0.2) is 0 Å². The summed E-state index contributed by atoms with van der Waals surface area (Å²) < 4.78 is 8.62. The van der Waals surface area contributed by atoms with Crippen LogP contribution in [0.1, 0.15) is 17.8 Å². The van der Waals surface area contributed by atoms with Crippen LogP contribution in [0.4, 0.5) is 0 Å². The van der Waals surface area contributed by atoms with E-state index >= 15 is 0 Å². The Morgan fingerprint density at radius 2 is 1.91 bits per heavy atom. The van der Waals surface area contributed by atoms with E-state index in [1.54, 1.807) is 23.9 Å². The van der Waals surface area contributed by atoms with Crippen LogP contribution in [0.25, 0.3) is 16.6 Å². The van der Waals surface area contributed by atoms with E-state index in [4.69, 9.17) is 4.74 Å². The molecule has 8 nitrogen and oxygen atoms in total. The normalized spacial score (nSPS) is 13.9. The molecule has 166 valence electrons. The molecule has 9 heteroatoms. The highest BCUT2D eigenvalue weighted by Gasteiger charge is 2.23. The summed E-state index contributed by atoms with van der Waals surface area (Å²) in [5.74, 6) is 0.578. The van der Waals surface area contributed by atoms with Gasteiger partial charge in [0, 0.05) is 38.4 Å². The molecule has 0 bridgehead atoms. The van der Waals surface area contributed by atoms with Gasteiger partial charge in [0.25, 0.3) is 11.1 Å². The number of hydrogen-bond acceptors (Lipinski definition) is 5. The van der Waals surface area contributed by atoms with E-state index in [1.165, 1.54) is 10.7 Å². The molecular weight excluding hydrogens is 430 g/mol. The number of aromatic nitrogens is 4. The van der Waals surface area contributed by atoms with Crippen molar-refractivity contribution in [1.29, 1.82) is 0 Å². The zero-order valence-corrected chi connectivity index (χ0v) is 18.5. The van der Waals surface area contributed by atoms with Crippen LogP contribution in [-0.4, -0.2) is 37.9 Å². The fourth-order valence-electron chi connectivity index (χ4n) is 4.30. The summed E-state index contributed by atoms with van der Waals surface area (Å²) in [5.41, 5.74) is 2.55. The van der Waals surface area contributed by atoms with Gasteiger partial charge in [0.1, 0.15) is 11.4 Å². The average molecular weight is 454 g/mol. The third-order valence-electron chi connectivity index (χ3n) is 5.73. The monoisotopic (exact) mass is 453 g/mol. The lowest BCUT2D eigenvalue weighted by Gasteiger charge is -2.19. The van der Waals surface area contributed by atoms with Gasteiger partial charge in [-0.25, -0.2) is 4.68 Å². The van der Waals surface area contributed by atoms with E-state index in [0.717, 1.165) is 24.4 Å². The molecule has 0 saturated carbocycles. The summed E-state index contributed by atoms with van der Waals surface area (Å²) >= 11 is 0. The molecule has 0 aliphatic carbocycles. The van der Waals surface area contributed by atoms with Gasteiger partial charge in [0.2, 0.25) is 0 Å². The van der Waals surface area contributed by atoms with Crippen LogP contribution in [0.15, 0.2) is 64.3 Å². The Hall–Kier alpha value is -3.36. The van der Waals surface area contributed by atoms with Crippen molar-refractivity contribution < 1.29 is 4.74 Å². The summed E-state index contributed by atoms with van der Waals surface area (Å²) in [6, 6.07) is 14.7. The zero-order valence-electron chi connectivity index (χ0n) is 17.7. The molecule has 1 aliphatic heterocycles. The fraction of sp³-hybridized carbons (Fsp3) is 0.261. The van der Waals surface area contributed by atoms with Gasteiger partial charge in [-0.2, -0.15) is 0 Å². The number of pyridine rings is 2. The second-order valence-corrected chi connectivity index (χ2v) is 7.68. The van der Waals surface area contributed by atoms with Crippen LogP contribution in [0.2, 0.25) is 0 Å². The van der Waals surface area contributed by atoms with E-state index in [0.29, 0.717) is 42.0 Å². The van der Waals surface area contributed by atoms with Crippen molar-refractivity contribution in [3.05, 3.63) is 86.8 Å². The molecule has 1 aliphatic rings. The van der Waals surface area contributed by atoms with E-state index in [1.807, 2.05) is 36.4 Å². The summed E-state index contributed by atoms with van der Waals surface area (Å²) in [4.78, 5) is 33.0. The number of methoxy groups -OCH3 is 1. The molecule has 0 unspecified atom stereocenters. The average Bonchev–Trinajstić information content (AvgIpc) is 2.97. The van der Waals surface area contributed by atoms with Gasteiger partial charge in [-0.1, -0.05) is 18.2 Å². The Kier molecular flexibility index (Phi) is 6.16. The van der Waals surface area contributed by atoms with Gasteiger partial charge < -0.3 is 9.30 Å². The van der Waals surface area contributed by atoms with Crippen LogP contribution in [0.3, 0.4) is 0 Å². The Balaban J connectivity index is 0.00000245. The number of nitrogens with zero attached hydrogens (tertiary/aromatic N) is 4. The van der Waals surface area contributed by atoms with Gasteiger partial charge in [0.05, 0.1) is 29.4 Å². The van der Waals surface area contributed by atoms with Crippen LogP contribution in [0.5, 0.6) is 5.75 Å². The van der Waals surface area contributed by atoms with Gasteiger partial charge >= 0.3 is 0 Å². The number of benzene rings is 1. The molecule has 1 aromatic carbocycles. The minimum atomic E-state index is -0.192. The number of halogens is 1. The molecule has 0 spiro atoms. The number of ether oxygens (including phenoxy) is 1. The largest absolute Gasteiger partial charge is 0.494 e. The quantitative estimate of drug-likeness (QED) is 0.513. The lowest BCUT2D eigenvalue weighted by molar-refractivity contribution is 0.258. The summed E-state index contributed by atoms with van der Waals surface area (Å²) in [7, 11) is 1.57. The molecule has 3 aromatic heterocycles. The molecule has 0 fully saturated rings. The number of fused-ring (bicyclic) bond motifs is 3.